The summed E-state index contributed by atoms with van der Waals surface area (Å²) in [6, 6.07) is 0.510. The maximum Gasteiger partial charge on any atom is 0.0628 e. The minimum atomic E-state index is 0.510. The summed E-state index contributed by atoms with van der Waals surface area (Å²) >= 11 is 0. The van der Waals surface area contributed by atoms with Crippen molar-refractivity contribution in [3.8, 4) is 0 Å². The second kappa shape index (κ2) is 6.80. The van der Waals surface area contributed by atoms with Gasteiger partial charge in [0.15, 0.2) is 0 Å². The van der Waals surface area contributed by atoms with E-state index >= 15 is 0 Å². The summed E-state index contributed by atoms with van der Waals surface area (Å²) in [6.07, 6.45) is 3.47. The van der Waals surface area contributed by atoms with Crippen LogP contribution in [0.3, 0.4) is 0 Å². The van der Waals surface area contributed by atoms with Crippen LogP contribution in [0.2, 0.25) is 0 Å². The first-order valence-corrected chi connectivity index (χ1v) is 6.87. The molecule has 1 atom stereocenters. The van der Waals surface area contributed by atoms with Crippen molar-refractivity contribution in [2.24, 2.45) is 0 Å². The van der Waals surface area contributed by atoms with Gasteiger partial charge in [-0.3, -0.25) is 4.68 Å². The number of nitrogens with one attached hydrogen (secondary N) is 1. The fourth-order valence-corrected chi connectivity index (χ4v) is 2.23. The van der Waals surface area contributed by atoms with Crippen LogP contribution >= 0.6 is 0 Å². The minimum Gasteiger partial charge on any atom is -0.317 e. The summed E-state index contributed by atoms with van der Waals surface area (Å²) < 4.78 is 2.19. The summed E-state index contributed by atoms with van der Waals surface area (Å²) in [5.41, 5.74) is 4.01. The molecule has 0 aromatic carbocycles. The van der Waals surface area contributed by atoms with Crippen molar-refractivity contribution in [3.63, 3.8) is 0 Å². The average molecular weight is 237 g/mol. The molecule has 3 heteroatoms. The van der Waals surface area contributed by atoms with E-state index in [9.17, 15) is 0 Å². The van der Waals surface area contributed by atoms with Crippen molar-refractivity contribution >= 4 is 0 Å². The van der Waals surface area contributed by atoms with E-state index in [2.05, 4.69) is 49.7 Å². The molecule has 0 aliphatic carbocycles. The van der Waals surface area contributed by atoms with Gasteiger partial charge >= 0.3 is 0 Å². The second-order valence-corrected chi connectivity index (χ2v) is 4.81. The highest BCUT2D eigenvalue weighted by molar-refractivity contribution is 5.25. The van der Waals surface area contributed by atoms with E-state index in [-0.39, 0.29) is 0 Å². The lowest BCUT2D eigenvalue weighted by Crippen LogP contribution is -2.14. The van der Waals surface area contributed by atoms with E-state index in [1.54, 1.807) is 0 Å². The van der Waals surface area contributed by atoms with Gasteiger partial charge in [0.25, 0.3) is 0 Å². The number of aromatic nitrogens is 2. The zero-order valence-corrected chi connectivity index (χ0v) is 12.0. The van der Waals surface area contributed by atoms with Crippen LogP contribution in [0.4, 0.5) is 0 Å². The zero-order valence-electron chi connectivity index (χ0n) is 12.0. The third kappa shape index (κ3) is 3.56. The predicted octanol–water partition coefficient (Wildman–Crippen LogP) is 3.01. The van der Waals surface area contributed by atoms with Crippen LogP contribution < -0.4 is 5.32 Å². The van der Waals surface area contributed by atoms with Crippen molar-refractivity contribution in [2.45, 2.75) is 59.9 Å². The maximum atomic E-state index is 4.68. The summed E-state index contributed by atoms with van der Waals surface area (Å²) in [6.45, 7) is 13.1. The Morgan fingerprint density at radius 1 is 1.29 bits per heavy atom. The number of nitrogens with zero attached hydrogens (tertiary/aromatic N) is 2. The number of hydrogen-bond acceptors (Lipinski definition) is 2. The molecule has 17 heavy (non-hydrogen) atoms. The van der Waals surface area contributed by atoms with Crippen molar-refractivity contribution in [3.05, 3.63) is 17.0 Å². The van der Waals surface area contributed by atoms with E-state index in [0.29, 0.717) is 6.04 Å². The van der Waals surface area contributed by atoms with Crippen molar-refractivity contribution in [1.29, 1.82) is 0 Å². The summed E-state index contributed by atoms with van der Waals surface area (Å²) in [7, 11) is 0. The van der Waals surface area contributed by atoms with Crippen LogP contribution in [0.15, 0.2) is 0 Å². The van der Waals surface area contributed by atoms with E-state index in [1.165, 1.54) is 23.4 Å². The van der Waals surface area contributed by atoms with Gasteiger partial charge in [0.2, 0.25) is 0 Å². The van der Waals surface area contributed by atoms with Crippen molar-refractivity contribution < 1.29 is 0 Å². The molecular formula is C14H27N3. The molecule has 0 amide bonds. The minimum absolute atomic E-state index is 0.510. The molecule has 3 nitrogen and oxygen atoms in total. The first kappa shape index (κ1) is 14.2. The molecule has 0 saturated heterocycles. The first-order chi connectivity index (χ1) is 8.11. The quantitative estimate of drug-likeness (QED) is 0.739. The second-order valence-electron chi connectivity index (χ2n) is 4.81. The zero-order chi connectivity index (χ0) is 12.8. The molecule has 1 N–H and O–H groups in total. The monoisotopic (exact) mass is 237 g/mol. The van der Waals surface area contributed by atoms with Gasteiger partial charge in [0.1, 0.15) is 0 Å². The van der Waals surface area contributed by atoms with Crippen LogP contribution in [0, 0.1) is 13.8 Å². The SMILES string of the molecule is CCNCCCc1c(C)nn(C(C)CC)c1C. The Morgan fingerprint density at radius 3 is 2.59 bits per heavy atom. The molecule has 1 aromatic heterocycles. The molecule has 0 radical (unpaired) electrons. The van der Waals surface area contributed by atoms with Gasteiger partial charge in [-0.2, -0.15) is 5.10 Å². The lowest BCUT2D eigenvalue weighted by molar-refractivity contribution is 0.464. The molecule has 0 aliphatic rings. The van der Waals surface area contributed by atoms with Gasteiger partial charge in [0.05, 0.1) is 5.69 Å². The highest BCUT2D eigenvalue weighted by Crippen LogP contribution is 2.20. The first-order valence-electron chi connectivity index (χ1n) is 6.87. The standard InChI is InChI=1S/C14H27N3/c1-6-11(3)17-13(5)14(12(4)16-17)9-8-10-15-7-2/h11,15H,6-10H2,1-5H3. The Balaban J connectivity index is 2.69. The Kier molecular flexibility index (Phi) is 5.69. The third-order valence-electron chi connectivity index (χ3n) is 3.51. The van der Waals surface area contributed by atoms with Gasteiger partial charge in [-0.25, -0.2) is 0 Å². The maximum absolute atomic E-state index is 4.68. The summed E-state index contributed by atoms with van der Waals surface area (Å²) in [5.74, 6) is 0. The lowest BCUT2D eigenvalue weighted by atomic mass is 10.1. The summed E-state index contributed by atoms with van der Waals surface area (Å²) in [4.78, 5) is 0. The molecule has 1 heterocycles. The fourth-order valence-electron chi connectivity index (χ4n) is 2.23. The largest absolute Gasteiger partial charge is 0.317 e. The van der Waals surface area contributed by atoms with Crippen LogP contribution in [-0.2, 0) is 6.42 Å². The molecule has 1 rings (SSSR count). The molecule has 1 aromatic rings. The van der Waals surface area contributed by atoms with E-state index in [0.717, 1.165) is 25.9 Å². The van der Waals surface area contributed by atoms with Crippen LogP contribution in [0.5, 0.6) is 0 Å². The molecule has 1 unspecified atom stereocenters. The van der Waals surface area contributed by atoms with Gasteiger partial charge in [0, 0.05) is 11.7 Å². The average Bonchev–Trinajstić information content (AvgIpc) is 2.60. The Bertz CT molecular complexity index is 341. The molecular weight excluding hydrogens is 210 g/mol. The smallest absolute Gasteiger partial charge is 0.0628 e. The van der Waals surface area contributed by atoms with Gasteiger partial charge in [-0.15, -0.1) is 0 Å². The highest BCUT2D eigenvalue weighted by Gasteiger charge is 2.13. The fraction of sp³-hybridized carbons (Fsp3) is 0.786. The molecule has 0 aliphatic heterocycles. The molecule has 98 valence electrons. The molecule has 0 bridgehead atoms. The molecule has 0 fully saturated rings. The number of rotatable bonds is 7. The van der Waals surface area contributed by atoms with Crippen LogP contribution in [-0.4, -0.2) is 22.9 Å². The van der Waals surface area contributed by atoms with Gasteiger partial charge < -0.3 is 5.32 Å². The lowest BCUT2D eigenvalue weighted by Gasteiger charge is -2.12. The van der Waals surface area contributed by atoms with Crippen molar-refractivity contribution in [1.82, 2.24) is 15.1 Å². The third-order valence-corrected chi connectivity index (χ3v) is 3.51. The van der Waals surface area contributed by atoms with E-state index in [4.69, 9.17) is 0 Å². The topological polar surface area (TPSA) is 29.9 Å². The van der Waals surface area contributed by atoms with Gasteiger partial charge in [-0.1, -0.05) is 13.8 Å². The Labute approximate surface area is 106 Å². The molecule has 0 saturated carbocycles. The highest BCUT2D eigenvalue weighted by atomic mass is 15.3. The van der Waals surface area contributed by atoms with E-state index < -0.39 is 0 Å². The van der Waals surface area contributed by atoms with Gasteiger partial charge in [-0.05, 0) is 58.7 Å². The number of aryl methyl sites for hydroxylation is 1. The normalized spacial score (nSPS) is 13.0. The Morgan fingerprint density at radius 2 is 2.00 bits per heavy atom. The summed E-state index contributed by atoms with van der Waals surface area (Å²) in [5, 5.41) is 8.05. The van der Waals surface area contributed by atoms with E-state index in [1.807, 2.05) is 0 Å². The van der Waals surface area contributed by atoms with Crippen LogP contribution in [0.25, 0.3) is 0 Å². The number of hydrogen-bond donors (Lipinski definition) is 1. The Hall–Kier alpha value is -0.830. The predicted molar refractivity (Wildman–Crippen MR) is 73.6 cm³/mol. The van der Waals surface area contributed by atoms with Crippen molar-refractivity contribution in [2.75, 3.05) is 13.1 Å². The molecule has 0 spiro atoms. The van der Waals surface area contributed by atoms with Crippen LogP contribution in [0.1, 0.15) is 56.6 Å².